The topological polar surface area (TPSA) is 41.3 Å². The molecule has 0 spiro atoms. The molecule has 1 aromatic carbocycles. The minimum atomic E-state index is -0.319. The molecule has 0 bridgehead atoms. The monoisotopic (exact) mass is 303 g/mol. The van der Waals surface area contributed by atoms with Crippen molar-refractivity contribution in [2.45, 2.75) is 25.5 Å². The second kappa shape index (κ2) is 6.58. The Morgan fingerprint density at radius 1 is 1.41 bits per heavy atom. The highest BCUT2D eigenvalue weighted by atomic mass is 19.1. The molecular formula is C17H22FN3O. The molecule has 1 aromatic heterocycles. The highest BCUT2D eigenvalue weighted by molar-refractivity contribution is 5.17. The van der Waals surface area contributed by atoms with E-state index >= 15 is 0 Å². The van der Waals surface area contributed by atoms with Gasteiger partial charge in [0.15, 0.2) is 0 Å². The summed E-state index contributed by atoms with van der Waals surface area (Å²) >= 11 is 0. The Bertz CT molecular complexity index is 628. The predicted molar refractivity (Wildman–Crippen MR) is 82.7 cm³/mol. The molecule has 4 nitrogen and oxygen atoms in total. The van der Waals surface area contributed by atoms with E-state index in [1.807, 2.05) is 23.9 Å². The average Bonchev–Trinajstić information content (AvgIpc) is 2.88. The number of hydrogen-bond donors (Lipinski definition) is 1. The van der Waals surface area contributed by atoms with E-state index in [-0.39, 0.29) is 17.8 Å². The summed E-state index contributed by atoms with van der Waals surface area (Å²) in [6.45, 7) is 2.47. The zero-order valence-corrected chi connectivity index (χ0v) is 12.8. The number of halogens is 1. The van der Waals surface area contributed by atoms with Crippen LogP contribution in [-0.2, 0) is 20.0 Å². The summed E-state index contributed by atoms with van der Waals surface area (Å²) in [5, 5.41) is 10.3. The molecular weight excluding hydrogens is 281 g/mol. The number of piperidine rings is 1. The number of aromatic nitrogens is 2. The van der Waals surface area contributed by atoms with Crippen molar-refractivity contribution in [2.75, 3.05) is 13.1 Å². The summed E-state index contributed by atoms with van der Waals surface area (Å²) in [7, 11) is 1.99. The molecule has 2 aromatic rings. The summed E-state index contributed by atoms with van der Waals surface area (Å²) in [6, 6.07) is 6.66. The molecule has 0 amide bonds. The third-order valence-corrected chi connectivity index (χ3v) is 4.45. The summed E-state index contributed by atoms with van der Waals surface area (Å²) < 4.78 is 15.3. The van der Waals surface area contributed by atoms with Crippen molar-refractivity contribution in [1.82, 2.24) is 14.5 Å². The van der Waals surface area contributed by atoms with Crippen LogP contribution in [0.15, 0.2) is 36.7 Å². The Morgan fingerprint density at radius 2 is 2.27 bits per heavy atom. The summed E-state index contributed by atoms with van der Waals surface area (Å²) in [4.78, 5) is 6.68. The first kappa shape index (κ1) is 15.2. The highest BCUT2D eigenvalue weighted by Gasteiger charge is 2.28. The maximum Gasteiger partial charge on any atom is 0.123 e. The van der Waals surface area contributed by atoms with Crippen molar-refractivity contribution in [3.05, 3.63) is 53.9 Å². The van der Waals surface area contributed by atoms with E-state index in [0.29, 0.717) is 6.42 Å². The van der Waals surface area contributed by atoms with Crippen LogP contribution in [0.5, 0.6) is 0 Å². The molecule has 118 valence electrons. The van der Waals surface area contributed by atoms with Gasteiger partial charge < -0.3 is 9.67 Å². The van der Waals surface area contributed by atoms with Gasteiger partial charge >= 0.3 is 0 Å². The third kappa shape index (κ3) is 3.54. The van der Waals surface area contributed by atoms with Gasteiger partial charge in [-0.1, -0.05) is 12.1 Å². The number of likely N-dealkylation sites (tertiary alicyclic amines) is 1. The fraction of sp³-hybridized carbons (Fsp3) is 0.471. The molecule has 0 saturated carbocycles. The number of nitrogens with zero attached hydrogens (tertiary/aromatic N) is 3. The minimum absolute atomic E-state index is 0.135. The maximum atomic E-state index is 13.3. The maximum absolute atomic E-state index is 13.3. The van der Waals surface area contributed by atoms with Gasteiger partial charge in [-0.3, -0.25) is 4.90 Å². The molecule has 1 aliphatic heterocycles. The molecule has 5 heteroatoms. The van der Waals surface area contributed by atoms with Crippen molar-refractivity contribution < 1.29 is 9.50 Å². The van der Waals surface area contributed by atoms with Crippen LogP contribution in [0.25, 0.3) is 0 Å². The van der Waals surface area contributed by atoms with Gasteiger partial charge in [-0.2, -0.15) is 0 Å². The van der Waals surface area contributed by atoms with E-state index in [0.717, 1.165) is 37.4 Å². The first-order valence-corrected chi connectivity index (χ1v) is 7.73. The van der Waals surface area contributed by atoms with Gasteiger partial charge in [-0.25, -0.2) is 9.37 Å². The Kier molecular flexibility index (Phi) is 4.55. The van der Waals surface area contributed by atoms with E-state index in [2.05, 4.69) is 9.88 Å². The fourth-order valence-electron chi connectivity index (χ4n) is 3.15. The van der Waals surface area contributed by atoms with Gasteiger partial charge in [-0.05, 0) is 30.5 Å². The van der Waals surface area contributed by atoms with Crippen molar-refractivity contribution in [3.63, 3.8) is 0 Å². The van der Waals surface area contributed by atoms with Gasteiger partial charge in [0.05, 0.1) is 12.6 Å². The van der Waals surface area contributed by atoms with Crippen molar-refractivity contribution in [1.29, 1.82) is 0 Å². The second-order valence-corrected chi connectivity index (χ2v) is 6.14. The summed E-state index contributed by atoms with van der Waals surface area (Å²) in [5.74, 6) is 0.948. The molecule has 0 radical (unpaired) electrons. The SMILES string of the molecule is Cn1ccnc1CN1CC[C@H](O)[C@H](Cc2cccc(F)c2)C1. The van der Waals surface area contributed by atoms with Gasteiger partial charge in [0.2, 0.25) is 0 Å². The number of benzene rings is 1. The number of hydrogen-bond acceptors (Lipinski definition) is 3. The zero-order valence-electron chi connectivity index (χ0n) is 12.8. The molecule has 2 atom stereocenters. The lowest BCUT2D eigenvalue weighted by atomic mass is 9.88. The zero-order chi connectivity index (χ0) is 15.5. The highest BCUT2D eigenvalue weighted by Crippen LogP contribution is 2.23. The van der Waals surface area contributed by atoms with Crippen LogP contribution in [0.1, 0.15) is 17.8 Å². The average molecular weight is 303 g/mol. The van der Waals surface area contributed by atoms with E-state index in [9.17, 15) is 9.50 Å². The predicted octanol–water partition coefficient (Wildman–Crippen LogP) is 1.98. The Balaban J connectivity index is 1.64. The molecule has 22 heavy (non-hydrogen) atoms. The number of aliphatic hydroxyl groups excluding tert-OH is 1. The van der Waals surface area contributed by atoms with Gasteiger partial charge in [0, 0.05) is 38.4 Å². The number of aryl methyl sites for hydroxylation is 1. The van der Waals surface area contributed by atoms with Crippen molar-refractivity contribution in [3.8, 4) is 0 Å². The molecule has 0 unspecified atom stereocenters. The molecule has 1 aliphatic rings. The van der Waals surface area contributed by atoms with E-state index < -0.39 is 0 Å². The lowest BCUT2D eigenvalue weighted by molar-refractivity contribution is 0.0227. The van der Waals surface area contributed by atoms with Crippen LogP contribution >= 0.6 is 0 Å². The van der Waals surface area contributed by atoms with Crippen LogP contribution in [0.3, 0.4) is 0 Å². The normalized spacial score (nSPS) is 22.9. The Labute approximate surface area is 130 Å². The molecule has 1 fully saturated rings. The number of rotatable bonds is 4. The van der Waals surface area contributed by atoms with Crippen molar-refractivity contribution in [2.24, 2.45) is 13.0 Å². The third-order valence-electron chi connectivity index (χ3n) is 4.45. The van der Waals surface area contributed by atoms with E-state index in [1.54, 1.807) is 18.3 Å². The Hall–Kier alpha value is -1.72. The first-order chi connectivity index (χ1) is 10.6. The Morgan fingerprint density at radius 3 is 3.00 bits per heavy atom. The number of imidazole rings is 1. The smallest absolute Gasteiger partial charge is 0.123 e. The van der Waals surface area contributed by atoms with Crippen LogP contribution in [0.4, 0.5) is 4.39 Å². The molecule has 1 N–H and O–H groups in total. The molecule has 2 heterocycles. The van der Waals surface area contributed by atoms with E-state index in [4.69, 9.17) is 0 Å². The largest absolute Gasteiger partial charge is 0.393 e. The summed E-state index contributed by atoms with van der Waals surface area (Å²) in [6.07, 6.45) is 4.89. The molecule has 0 aliphatic carbocycles. The van der Waals surface area contributed by atoms with Crippen LogP contribution in [-0.4, -0.2) is 38.8 Å². The standard InChI is InChI=1S/C17H22FN3O/c1-20-8-6-19-17(20)12-21-7-5-16(22)14(11-21)9-13-3-2-4-15(18)10-13/h2-4,6,8,10,14,16,22H,5,7,9,11-12H2,1H3/t14-,16+/m1/s1. The van der Waals surface area contributed by atoms with Gasteiger partial charge in [0.1, 0.15) is 11.6 Å². The fourth-order valence-corrected chi connectivity index (χ4v) is 3.15. The summed E-state index contributed by atoms with van der Waals surface area (Å²) in [5.41, 5.74) is 0.947. The lowest BCUT2D eigenvalue weighted by Crippen LogP contribution is -2.43. The quantitative estimate of drug-likeness (QED) is 0.939. The number of aliphatic hydroxyl groups is 1. The van der Waals surface area contributed by atoms with Crippen LogP contribution in [0.2, 0.25) is 0 Å². The van der Waals surface area contributed by atoms with Crippen LogP contribution in [0, 0.1) is 11.7 Å². The minimum Gasteiger partial charge on any atom is -0.393 e. The molecule has 1 saturated heterocycles. The van der Waals surface area contributed by atoms with Gasteiger partial charge in [0.25, 0.3) is 0 Å². The second-order valence-electron chi connectivity index (χ2n) is 6.14. The lowest BCUT2D eigenvalue weighted by Gasteiger charge is -2.36. The molecule has 3 rings (SSSR count). The van der Waals surface area contributed by atoms with Crippen molar-refractivity contribution >= 4 is 0 Å². The van der Waals surface area contributed by atoms with Gasteiger partial charge in [-0.15, -0.1) is 0 Å². The van der Waals surface area contributed by atoms with E-state index in [1.165, 1.54) is 6.07 Å². The van der Waals surface area contributed by atoms with Crippen LogP contribution < -0.4 is 0 Å². The first-order valence-electron chi connectivity index (χ1n) is 7.73.